The van der Waals surface area contributed by atoms with Gasteiger partial charge in [0.25, 0.3) is 0 Å². The van der Waals surface area contributed by atoms with Gasteiger partial charge in [0.05, 0.1) is 11.4 Å². The molecule has 0 saturated carbocycles. The quantitative estimate of drug-likeness (QED) is 0.520. The van der Waals surface area contributed by atoms with Crippen LogP contribution in [-0.4, -0.2) is 15.9 Å². The van der Waals surface area contributed by atoms with Crippen molar-refractivity contribution in [3.05, 3.63) is 36.2 Å². The molecule has 0 bridgehead atoms. The van der Waals surface area contributed by atoms with Gasteiger partial charge in [0.15, 0.2) is 0 Å². The molecule has 22 heavy (non-hydrogen) atoms. The molecule has 2 aromatic carbocycles. The van der Waals surface area contributed by atoms with Crippen LogP contribution < -0.4 is 4.74 Å². The maximum Gasteiger partial charge on any atom is 0.573 e. The predicted molar refractivity (Wildman–Crippen MR) is 76.6 cm³/mol. The minimum absolute atomic E-state index is 0.183. The molecule has 4 rings (SSSR count). The van der Waals surface area contributed by atoms with Gasteiger partial charge in [-0.1, -0.05) is 18.2 Å². The Bertz CT molecular complexity index is 925. The normalized spacial score (nSPS) is 12.8. The van der Waals surface area contributed by atoms with Gasteiger partial charge in [0, 0.05) is 28.9 Å². The molecule has 1 aromatic heterocycles. The van der Waals surface area contributed by atoms with Crippen molar-refractivity contribution in [1.82, 2.24) is 9.55 Å². The van der Waals surface area contributed by atoms with Gasteiger partial charge in [-0.05, 0) is 19.1 Å². The van der Waals surface area contributed by atoms with Crippen molar-refractivity contribution in [2.45, 2.75) is 13.3 Å². The summed E-state index contributed by atoms with van der Waals surface area (Å²) in [4.78, 5) is 4.53. The van der Waals surface area contributed by atoms with Crippen LogP contribution >= 0.6 is 0 Å². The number of imidazole rings is 1. The lowest BCUT2D eigenvalue weighted by Crippen LogP contribution is -2.17. The van der Waals surface area contributed by atoms with Crippen LogP contribution in [0.15, 0.2) is 30.3 Å². The molecule has 0 amide bonds. The van der Waals surface area contributed by atoms with Crippen molar-refractivity contribution in [3.8, 4) is 28.3 Å². The van der Waals surface area contributed by atoms with Gasteiger partial charge >= 0.3 is 6.36 Å². The summed E-state index contributed by atoms with van der Waals surface area (Å²) in [6.45, 7) is 1.90. The van der Waals surface area contributed by atoms with Gasteiger partial charge in [-0.3, -0.25) is 0 Å². The number of fused-ring (bicyclic) bond motifs is 3. The fourth-order valence-corrected chi connectivity index (χ4v) is 3.09. The fourth-order valence-electron chi connectivity index (χ4n) is 3.09. The maximum atomic E-state index is 12.6. The minimum atomic E-state index is -4.71. The summed E-state index contributed by atoms with van der Waals surface area (Å²) in [6, 6.07) is 8.28. The second kappa shape index (κ2) is 4.03. The number of hydrogen-bond donors (Lipinski definition) is 0. The first-order chi connectivity index (χ1) is 10.4. The number of halogens is 3. The van der Waals surface area contributed by atoms with Crippen molar-refractivity contribution in [1.29, 1.82) is 0 Å². The number of nitrogens with zero attached hydrogens (tertiary/aromatic N) is 2. The van der Waals surface area contributed by atoms with Crippen LogP contribution in [0.25, 0.3) is 33.3 Å². The Hall–Kier alpha value is -2.50. The van der Waals surface area contributed by atoms with Crippen molar-refractivity contribution in [2.75, 3.05) is 0 Å². The second-order valence-electron chi connectivity index (χ2n) is 5.30. The molecule has 0 N–H and O–H groups in total. The summed E-state index contributed by atoms with van der Waals surface area (Å²) < 4.78 is 43.8. The molecule has 0 saturated heterocycles. The zero-order valence-corrected chi connectivity index (χ0v) is 11.8. The van der Waals surface area contributed by atoms with Gasteiger partial charge in [-0.15, -0.1) is 13.2 Å². The summed E-state index contributed by atoms with van der Waals surface area (Å²) in [5.74, 6) is 0.681. The highest BCUT2D eigenvalue weighted by Crippen LogP contribution is 2.49. The number of hydrogen-bond acceptors (Lipinski definition) is 2. The van der Waals surface area contributed by atoms with E-state index in [2.05, 4.69) is 9.72 Å². The lowest BCUT2D eigenvalue weighted by atomic mass is 10.0. The molecule has 3 nitrogen and oxygen atoms in total. The maximum absolute atomic E-state index is 12.6. The third-order valence-electron chi connectivity index (χ3n) is 4.06. The topological polar surface area (TPSA) is 27.1 Å². The average Bonchev–Trinajstić information content (AvgIpc) is 2.90. The summed E-state index contributed by atoms with van der Waals surface area (Å²) in [5, 5.41) is 1.21. The SMILES string of the molecule is Cc1nc2c(n1C)-c1cccc3c(OC(F)(F)F)ccc-2c13. The largest absolute Gasteiger partial charge is 0.573 e. The fraction of sp³-hybridized carbons (Fsp3) is 0.188. The van der Waals surface area contributed by atoms with Crippen LogP contribution in [0.4, 0.5) is 13.2 Å². The van der Waals surface area contributed by atoms with Gasteiger partial charge in [0.1, 0.15) is 11.6 Å². The lowest BCUT2D eigenvalue weighted by Gasteiger charge is -2.12. The second-order valence-corrected chi connectivity index (χ2v) is 5.30. The molecule has 0 spiro atoms. The number of aromatic nitrogens is 2. The number of rotatable bonds is 1. The van der Waals surface area contributed by atoms with E-state index in [0.717, 1.165) is 33.7 Å². The Kier molecular flexibility index (Phi) is 2.41. The van der Waals surface area contributed by atoms with Crippen molar-refractivity contribution >= 4 is 10.8 Å². The van der Waals surface area contributed by atoms with Gasteiger partial charge in [-0.25, -0.2) is 4.98 Å². The summed E-state index contributed by atoms with van der Waals surface area (Å²) >= 11 is 0. The van der Waals surface area contributed by atoms with E-state index in [0.29, 0.717) is 5.39 Å². The van der Waals surface area contributed by atoms with Crippen molar-refractivity contribution < 1.29 is 17.9 Å². The van der Waals surface area contributed by atoms with Crippen LogP contribution in [0, 0.1) is 6.92 Å². The molecule has 1 heterocycles. The predicted octanol–water partition coefficient (Wildman–Crippen LogP) is 4.43. The smallest absolute Gasteiger partial charge is 0.405 e. The first-order valence-corrected chi connectivity index (χ1v) is 6.72. The van der Waals surface area contributed by atoms with Gasteiger partial charge in [0.2, 0.25) is 0 Å². The van der Waals surface area contributed by atoms with Crippen molar-refractivity contribution in [2.24, 2.45) is 7.05 Å². The average molecular weight is 304 g/mol. The Morgan fingerprint density at radius 3 is 2.59 bits per heavy atom. The number of ether oxygens (including phenoxy) is 1. The highest BCUT2D eigenvalue weighted by atomic mass is 19.4. The van der Waals surface area contributed by atoms with E-state index in [9.17, 15) is 13.2 Å². The first-order valence-electron chi connectivity index (χ1n) is 6.72. The molecule has 6 heteroatoms. The highest BCUT2D eigenvalue weighted by Gasteiger charge is 2.33. The molecule has 0 fully saturated rings. The molecule has 0 unspecified atom stereocenters. The molecular formula is C16H11F3N2O. The molecule has 1 aliphatic carbocycles. The molecule has 3 aromatic rings. The Morgan fingerprint density at radius 1 is 1.09 bits per heavy atom. The van der Waals surface area contributed by atoms with Gasteiger partial charge < -0.3 is 9.30 Å². The standard InChI is InChI=1S/C16H11F3N2O/c1-8-20-14-10-6-7-12(22-16(17,18)19)9-4-3-5-11(13(9)10)15(14)21(8)2/h3-7H,1-2H3. The molecule has 0 aliphatic heterocycles. The minimum Gasteiger partial charge on any atom is -0.405 e. The molecule has 0 radical (unpaired) electrons. The molecule has 1 aliphatic rings. The van der Waals surface area contributed by atoms with Crippen LogP contribution in [0.2, 0.25) is 0 Å². The van der Waals surface area contributed by atoms with E-state index in [1.807, 2.05) is 24.6 Å². The Morgan fingerprint density at radius 2 is 1.86 bits per heavy atom. The van der Waals surface area contributed by atoms with Crippen LogP contribution in [0.3, 0.4) is 0 Å². The van der Waals surface area contributed by atoms with Crippen molar-refractivity contribution in [3.63, 3.8) is 0 Å². The first kappa shape index (κ1) is 13.2. The van der Waals surface area contributed by atoms with E-state index >= 15 is 0 Å². The van der Waals surface area contributed by atoms with E-state index in [-0.39, 0.29) is 5.75 Å². The zero-order chi connectivity index (χ0) is 15.6. The molecular weight excluding hydrogens is 293 g/mol. The molecule has 112 valence electrons. The van der Waals surface area contributed by atoms with Crippen LogP contribution in [0.1, 0.15) is 5.82 Å². The van der Waals surface area contributed by atoms with E-state index in [1.54, 1.807) is 18.2 Å². The zero-order valence-electron chi connectivity index (χ0n) is 11.8. The number of benzene rings is 2. The number of alkyl halides is 3. The third kappa shape index (κ3) is 1.66. The summed E-state index contributed by atoms with van der Waals surface area (Å²) in [6.07, 6.45) is -4.71. The summed E-state index contributed by atoms with van der Waals surface area (Å²) in [5.41, 5.74) is 3.48. The number of aryl methyl sites for hydroxylation is 1. The summed E-state index contributed by atoms with van der Waals surface area (Å²) in [7, 11) is 1.90. The highest BCUT2D eigenvalue weighted by molar-refractivity contribution is 6.15. The Labute approximate surface area is 124 Å². The lowest BCUT2D eigenvalue weighted by molar-refractivity contribution is -0.274. The monoisotopic (exact) mass is 304 g/mol. The van der Waals surface area contributed by atoms with E-state index < -0.39 is 6.36 Å². The molecule has 0 atom stereocenters. The van der Waals surface area contributed by atoms with E-state index in [4.69, 9.17) is 0 Å². The Balaban J connectivity index is 2.04. The third-order valence-corrected chi connectivity index (χ3v) is 4.06. The van der Waals surface area contributed by atoms with Gasteiger partial charge in [-0.2, -0.15) is 0 Å². The van der Waals surface area contributed by atoms with Crippen LogP contribution in [0.5, 0.6) is 5.75 Å². The van der Waals surface area contributed by atoms with Crippen LogP contribution in [-0.2, 0) is 7.05 Å². The van der Waals surface area contributed by atoms with E-state index in [1.165, 1.54) is 6.07 Å².